The largest absolute Gasteiger partial charge is 0.365 e. The molecule has 10 heteroatoms. The number of aromatic nitrogens is 3. The lowest BCUT2D eigenvalue weighted by molar-refractivity contribution is -0.122. The normalized spacial score (nSPS) is 12.9. The van der Waals surface area contributed by atoms with Crippen molar-refractivity contribution >= 4 is 17.6 Å². The standard InChI is InChI=1S/C19H15F2N5O3/c20-13-6-7-15(21)12(8-13)9-22-17(27)11-25-18(28)23-16-10-24(19(29)26(16)25)14-4-2-1-3-5-14/h1-8H,9-11H2,(H,22,27). The molecule has 1 aliphatic heterocycles. The smallest absolute Gasteiger partial charge is 0.350 e. The zero-order chi connectivity index (χ0) is 20.5. The molecular formula is C19H15F2N5O3. The zero-order valence-electron chi connectivity index (χ0n) is 15.0. The Morgan fingerprint density at radius 3 is 2.62 bits per heavy atom. The second-order valence-electron chi connectivity index (χ2n) is 6.40. The van der Waals surface area contributed by atoms with Gasteiger partial charge < -0.3 is 5.32 Å². The van der Waals surface area contributed by atoms with E-state index in [1.807, 2.05) is 6.07 Å². The number of nitrogens with one attached hydrogen (secondary N) is 1. The number of carbonyl (C=O) groups excluding carboxylic acids is 2. The van der Waals surface area contributed by atoms with Crippen molar-refractivity contribution in [2.45, 2.75) is 19.6 Å². The first-order valence-electron chi connectivity index (χ1n) is 8.70. The van der Waals surface area contributed by atoms with Crippen molar-refractivity contribution in [3.63, 3.8) is 0 Å². The van der Waals surface area contributed by atoms with Crippen molar-refractivity contribution in [1.82, 2.24) is 19.7 Å². The third kappa shape index (κ3) is 3.51. The highest BCUT2D eigenvalue weighted by molar-refractivity contribution is 5.95. The van der Waals surface area contributed by atoms with Crippen LogP contribution in [0.4, 0.5) is 19.3 Å². The van der Waals surface area contributed by atoms with Crippen molar-refractivity contribution in [3.05, 3.63) is 82.0 Å². The molecule has 2 amide bonds. The third-order valence-corrected chi connectivity index (χ3v) is 4.49. The maximum absolute atomic E-state index is 13.7. The van der Waals surface area contributed by atoms with Crippen LogP contribution in [-0.2, 0) is 24.4 Å². The highest BCUT2D eigenvalue weighted by Crippen LogP contribution is 2.22. The minimum absolute atomic E-state index is 0.0319. The number of hydrogen-bond acceptors (Lipinski definition) is 4. The number of rotatable bonds is 5. The van der Waals surface area contributed by atoms with Crippen LogP contribution < -0.4 is 15.9 Å². The number of carbonyl (C=O) groups is 2. The predicted octanol–water partition coefficient (Wildman–Crippen LogP) is 1.63. The van der Waals surface area contributed by atoms with Crippen molar-refractivity contribution in [3.8, 4) is 0 Å². The van der Waals surface area contributed by atoms with Gasteiger partial charge in [0.25, 0.3) is 0 Å². The monoisotopic (exact) mass is 399 g/mol. The summed E-state index contributed by atoms with van der Waals surface area (Å²) in [6, 6.07) is 11.2. The van der Waals surface area contributed by atoms with Gasteiger partial charge in [0.05, 0.1) is 6.54 Å². The maximum atomic E-state index is 13.7. The maximum Gasteiger partial charge on any atom is 0.365 e. The molecule has 1 aliphatic rings. The van der Waals surface area contributed by atoms with Gasteiger partial charge in [0.2, 0.25) is 5.91 Å². The molecule has 4 rings (SSSR count). The van der Waals surface area contributed by atoms with E-state index in [4.69, 9.17) is 0 Å². The lowest BCUT2D eigenvalue weighted by Crippen LogP contribution is -2.38. The van der Waals surface area contributed by atoms with Gasteiger partial charge in [0.15, 0.2) is 5.82 Å². The second kappa shape index (κ2) is 7.30. The van der Waals surface area contributed by atoms with Crippen LogP contribution in [0.2, 0.25) is 0 Å². The van der Waals surface area contributed by atoms with E-state index in [0.29, 0.717) is 5.69 Å². The minimum Gasteiger partial charge on any atom is -0.350 e. The van der Waals surface area contributed by atoms with E-state index < -0.39 is 35.8 Å². The Labute approximate surface area is 163 Å². The van der Waals surface area contributed by atoms with Gasteiger partial charge in [-0.15, -0.1) is 0 Å². The van der Waals surface area contributed by atoms with E-state index in [1.54, 1.807) is 24.3 Å². The third-order valence-electron chi connectivity index (χ3n) is 4.49. The number of hydrogen-bond donors (Lipinski definition) is 1. The molecule has 2 heterocycles. The number of benzene rings is 2. The molecule has 29 heavy (non-hydrogen) atoms. The summed E-state index contributed by atoms with van der Waals surface area (Å²) < 4.78 is 28.8. The number of halogens is 2. The van der Waals surface area contributed by atoms with Gasteiger partial charge in [-0.1, -0.05) is 18.2 Å². The SMILES string of the molecule is O=C(Cn1c(=O)nc2n1C(=O)N(c1ccccc1)C2)NCc1cc(F)ccc1F. The van der Waals surface area contributed by atoms with Crippen LogP contribution in [0.25, 0.3) is 0 Å². The molecule has 0 spiro atoms. The number of para-hydroxylation sites is 1. The number of amides is 2. The number of anilines is 1. The molecule has 148 valence electrons. The van der Waals surface area contributed by atoms with E-state index >= 15 is 0 Å². The summed E-state index contributed by atoms with van der Waals surface area (Å²) in [5, 5.41) is 2.41. The van der Waals surface area contributed by atoms with Crippen molar-refractivity contribution in [2.75, 3.05) is 4.90 Å². The summed E-state index contributed by atoms with van der Waals surface area (Å²) in [7, 11) is 0. The second-order valence-corrected chi connectivity index (χ2v) is 6.40. The predicted molar refractivity (Wildman–Crippen MR) is 98.1 cm³/mol. The Bertz CT molecular complexity index is 1160. The van der Waals surface area contributed by atoms with Crippen LogP contribution in [0.3, 0.4) is 0 Å². The molecule has 0 saturated heterocycles. The molecule has 2 aromatic carbocycles. The molecule has 3 aromatic rings. The summed E-state index contributed by atoms with van der Waals surface area (Å²) in [5.74, 6) is -1.73. The summed E-state index contributed by atoms with van der Waals surface area (Å²) in [6.07, 6.45) is 0. The Morgan fingerprint density at radius 1 is 1.10 bits per heavy atom. The Kier molecular flexibility index (Phi) is 4.67. The lowest BCUT2D eigenvalue weighted by Gasteiger charge is -2.15. The van der Waals surface area contributed by atoms with E-state index in [1.165, 1.54) is 4.90 Å². The minimum atomic E-state index is -0.742. The first kappa shape index (κ1) is 18.5. The van der Waals surface area contributed by atoms with Gasteiger partial charge in [-0.25, -0.2) is 23.1 Å². The Hall–Kier alpha value is -3.82. The average Bonchev–Trinajstić information content (AvgIpc) is 3.19. The van der Waals surface area contributed by atoms with Gasteiger partial charge in [0.1, 0.15) is 18.2 Å². The number of nitrogens with zero attached hydrogens (tertiary/aromatic N) is 4. The van der Waals surface area contributed by atoms with Crippen LogP contribution in [0, 0.1) is 11.6 Å². The van der Waals surface area contributed by atoms with Gasteiger partial charge in [0, 0.05) is 17.8 Å². The molecule has 1 N–H and O–H groups in total. The molecule has 0 aliphatic carbocycles. The summed E-state index contributed by atoms with van der Waals surface area (Å²) in [4.78, 5) is 42.4. The van der Waals surface area contributed by atoms with Crippen LogP contribution in [0.5, 0.6) is 0 Å². The van der Waals surface area contributed by atoms with E-state index in [0.717, 1.165) is 27.6 Å². The first-order valence-corrected chi connectivity index (χ1v) is 8.70. The summed E-state index contributed by atoms with van der Waals surface area (Å²) >= 11 is 0. The quantitative estimate of drug-likeness (QED) is 0.706. The molecule has 1 aromatic heterocycles. The Balaban J connectivity index is 1.50. The van der Waals surface area contributed by atoms with Gasteiger partial charge in [-0.3, -0.25) is 9.69 Å². The molecule has 0 unspecified atom stereocenters. The molecular weight excluding hydrogens is 384 g/mol. The van der Waals surface area contributed by atoms with Crippen molar-refractivity contribution < 1.29 is 18.4 Å². The van der Waals surface area contributed by atoms with Crippen molar-refractivity contribution in [2.24, 2.45) is 0 Å². The van der Waals surface area contributed by atoms with Crippen molar-refractivity contribution in [1.29, 1.82) is 0 Å². The molecule has 8 nitrogen and oxygen atoms in total. The highest BCUT2D eigenvalue weighted by Gasteiger charge is 2.33. The Morgan fingerprint density at radius 2 is 1.86 bits per heavy atom. The first-order chi connectivity index (χ1) is 13.9. The topological polar surface area (TPSA) is 89.2 Å². The zero-order valence-corrected chi connectivity index (χ0v) is 15.0. The molecule has 0 fully saturated rings. The van der Waals surface area contributed by atoms with E-state index in [9.17, 15) is 23.2 Å². The fraction of sp³-hybridized carbons (Fsp3) is 0.158. The van der Waals surface area contributed by atoms with Gasteiger partial charge in [-0.2, -0.15) is 9.67 Å². The molecule has 0 atom stereocenters. The average molecular weight is 399 g/mol. The lowest BCUT2D eigenvalue weighted by atomic mass is 10.2. The van der Waals surface area contributed by atoms with Crippen LogP contribution in [0.1, 0.15) is 11.4 Å². The fourth-order valence-electron chi connectivity index (χ4n) is 3.09. The fourth-order valence-corrected chi connectivity index (χ4v) is 3.09. The van der Waals surface area contributed by atoms with Crippen LogP contribution in [-0.4, -0.2) is 26.3 Å². The summed E-state index contributed by atoms with van der Waals surface area (Å²) in [6.45, 7) is -0.652. The van der Waals surface area contributed by atoms with Gasteiger partial charge >= 0.3 is 11.7 Å². The van der Waals surface area contributed by atoms with E-state index in [2.05, 4.69) is 10.3 Å². The number of fused-ring (bicyclic) bond motifs is 1. The van der Waals surface area contributed by atoms with Gasteiger partial charge in [-0.05, 0) is 30.3 Å². The summed E-state index contributed by atoms with van der Waals surface area (Å²) in [5.41, 5.74) is -0.142. The van der Waals surface area contributed by atoms with E-state index in [-0.39, 0.29) is 24.5 Å². The highest BCUT2D eigenvalue weighted by atomic mass is 19.1. The van der Waals surface area contributed by atoms with Crippen LogP contribution in [0.15, 0.2) is 53.3 Å². The van der Waals surface area contributed by atoms with Crippen LogP contribution >= 0.6 is 0 Å². The molecule has 0 bridgehead atoms. The molecule has 0 radical (unpaired) electrons. The molecule has 0 saturated carbocycles.